The highest BCUT2D eigenvalue weighted by Crippen LogP contribution is 2.36. The molecular formula is C18N12. The summed E-state index contributed by atoms with van der Waals surface area (Å²) in [7, 11) is 0. The molecule has 3 aromatic heterocycles. The van der Waals surface area contributed by atoms with E-state index in [-0.39, 0.29) is 67.0 Å². The molecule has 0 bridgehead atoms. The van der Waals surface area contributed by atoms with Crippen molar-refractivity contribution >= 4 is 32.7 Å². The summed E-state index contributed by atoms with van der Waals surface area (Å²) in [6, 6.07) is 10.7. The van der Waals surface area contributed by atoms with E-state index in [0.717, 1.165) is 0 Å². The van der Waals surface area contributed by atoms with Gasteiger partial charge in [0, 0.05) is 0 Å². The monoisotopic (exact) mass is 384 g/mol. The van der Waals surface area contributed by atoms with Crippen LogP contribution < -0.4 is 0 Å². The summed E-state index contributed by atoms with van der Waals surface area (Å²) in [6.45, 7) is 0. The molecule has 1 aromatic carbocycles. The van der Waals surface area contributed by atoms with Crippen LogP contribution >= 0.6 is 0 Å². The molecule has 0 unspecified atom stereocenters. The van der Waals surface area contributed by atoms with Gasteiger partial charge in [0.2, 0.25) is 5.82 Å². The molecule has 0 N–H and O–H groups in total. The maximum atomic E-state index is 9.58. The standard InChI is InChI=1S/C18N12/c19-1-7-8(2-20)27-18-15-9(3-21)25-12(6-24)28-16(15)13-10(4-22)29-30-11(5-23)14(13)17(18)26-7. The topological polar surface area (TPSA) is 220 Å². The zero-order valence-electron chi connectivity index (χ0n) is 14.4. The second-order valence-corrected chi connectivity index (χ2v) is 5.56. The van der Waals surface area contributed by atoms with Crippen LogP contribution in [0, 0.1) is 68.0 Å². The first-order valence-corrected chi connectivity index (χ1v) is 7.78. The summed E-state index contributed by atoms with van der Waals surface area (Å²) in [6.07, 6.45) is 0. The molecule has 0 saturated heterocycles. The van der Waals surface area contributed by atoms with E-state index in [1.54, 1.807) is 18.2 Å². The zero-order valence-corrected chi connectivity index (χ0v) is 14.4. The van der Waals surface area contributed by atoms with E-state index in [2.05, 4.69) is 30.1 Å². The summed E-state index contributed by atoms with van der Waals surface area (Å²) in [5.74, 6) is -0.360. The number of rotatable bonds is 0. The van der Waals surface area contributed by atoms with Crippen LogP contribution in [0.2, 0.25) is 0 Å². The van der Waals surface area contributed by atoms with Gasteiger partial charge in [-0.2, -0.15) is 31.6 Å². The first-order valence-electron chi connectivity index (χ1n) is 7.78. The Morgan fingerprint density at radius 2 is 0.867 bits per heavy atom. The smallest absolute Gasteiger partial charge is 0.232 e. The second kappa shape index (κ2) is 6.41. The maximum Gasteiger partial charge on any atom is 0.234 e. The van der Waals surface area contributed by atoms with Crippen LogP contribution in [0.1, 0.15) is 34.3 Å². The van der Waals surface area contributed by atoms with Gasteiger partial charge in [0.1, 0.15) is 47.4 Å². The molecule has 30 heavy (non-hydrogen) atoms. The number of nitriles is 6. The molecule has 0 aliphatic heterocycles. The minimum atomic E-state index is -0.360. The van der Waals surface area contributed by atoms with Crippen LogP contribution in [-0.4, -0.2) is 30.1 Å². The third kappa shape index (κ3) is 2.20. The highest BCUT2D eigenvalue weighted by molar-refractivity contribution is 6.24. The van der Waals surface area contributed by atoms with E-state index >= 15 is 0 Å². The first kappa shape index (κ1) is 17.6. The Morgan fingerprint density at radius 1 is 0.400 bits per heavy atom. The van der Waals surface area contributed by atoms with Crippen molar-refractivity contribution in [2.24, 2.45) is 0 Å². The van der Waals surface area contributed by atoms with Crippen molar-refractivity contribution in [1.82, 2.24) is 30.1 Å². The lowest BCUT2D eigenvalue weighted by Gasteiger charge is -2.11. The lowest BCUT2D eigenvalue weighted by atomic mass is 10.00. The molecule has 0 spiro atoms. The van der Waals surface area contributed by atoms with E-state index in [1.165, 1.54) is 0 Å². The Balaban J connectivity index is 2.55. The molecule has 0 atom stereocenters. The van der Waals surface area contributed by atoms with E-state index < -0.39 is 0 Å². The normalized spacial score (nSPS) is 9.80. The maximum absolute atomic E-state index is 9.58. The van der Waals surface area contributed by atoms with Crippen molar-refractivity contribution in [3.05, 3.63) is 34.3 Å². The van der Waals surface area contributed by atoms with Crippen LogP contribution in [-0.2, 0) is 0 Å². The van der Waals surface area contributed by atoms with Gasteiger partial charge in [-0.25, -0.2) is 19.9 Å². The van der Waals surface area contributed by atoms with Crippen LogP contribution in [0.3, 0.4) is 0 Å². The van der Waals surface area contributed by atoms with Crippen LogP contribution in [0.4, 0.5) is 0 Å². The highest BCUT2D eigenvalue weighted by atomic mass is 15.1. The van der Waals surface area contributed by atoms with E-state index in [4.69, 9.17) is 0 Å². The van der Waals surface area contributed by atoms with Crippen molar-refractivity contribution < 1.29 is 0 Å². The van der Waals surface area contributed by atoms with Gasteiger partial charge in [-0.15, -0.1) is 10.2 Å². The lowest BCUT2D eigenvalue weighted by Crippen LogP contribution is -2.05. The number of hydrogen-bond donors (Lipinski definition) is 0. The third-order valence-electron chi connectivity index (χ3n) is 4.12. The van der Waals surface area contributed by atoms with Crippen LogP contribution in [0.25, 0.3) is 32.7 Å². The molecule has 12 heteroatoms. The summed E-state index contributed by atoms with van der Waals surface area (Å²) in [4.78, 5) is 16.2. The minimum absolute atomic E-state index is 0.000814. The van der Waals surface area contributed by atoms with Gasteiger partial charge < -0.3 is 0 Å². The summed E-state index contributed by atoms with van der Waals surface area (Å²) >= 11 is 0. The zero-order chi connectivity index (χ0) is 21.4. The minimum Gasteiger partial charge on any atom is -0.232 e. The van der Waals surface area contributed by atoms with Crippen molar-refractivity contribution in [2.75, 3.05) is 0 Å². The Morgan fingerprint density at radius 3 is 1.33 bits per heavy atom. The number of aromatic nitrogens is 6. The predicted octanol–water partition coefficient (Wildman–Crippen LogP) is 0.746. The summed E-state index contributed by atoms with van der Waals surface area (Å²) < 4.78 is 0. The number of nitrogens with zero attached hydrogens (tertiary/aromatic N) is 12. The number of benzene rings is 1. The number of hydrogen-bond acceptors (Lipinski definition) is 12. The van der Waals surface area contributed by atoms with Gasteiger partial charge in [0.05, 0.1) is 21.7 Å². The SMILES string of the molecule is N#Cc1nc(C#N)c2c3nc(C#N)c(C#N)nc3c3c(C#N)nnc(C#N)c3c2n1. The fourth-order valence-electron chi connectivity index (χ4n) is 2.99. The summed E-state index contributed by atoms with van der Waals surface area (Å²) in [5, 5.41) is 64.0. The van der Waals surface area contributed by atoms with E-state index in [0.29, 0.717) is 0 Å². The lowest BCUT2D eigenvalue weighted by molar-refractivity contribution is 1.01. The van der Waals surface area contributed by atoms with Crippen LogP contribution in [0.5, 0.6) is 0 Å². The molecule has 0 amide bonds. The molecule has 0 saturated carbocycles. The highest BCUT2D eigenvalue weighted by Gasteiger charge is 2.24. The molecule has 3 heterocycles. The first-order chi connectivity index (χ1) is 14.6. The Kier molecular flexibility index (Phi) is 3.76. The van der Waals surface area contributed by atoms with Gasteiger partial charge in [-0.05, 0) is 0 Å². The Labute approximate surface area is 165 Å². The van der Waals surface area contributed by atoms with Gasteiger partial charge in [-0.1, -0.05) is 0 Å². The number of fused-ring (bicyclic) bond motifs is 6. The van der Waals surface area contributed by atoms with Crippen molar-refractivity contribution in [1.29, 1.82) is 31.6 Å². The van der Waals surface area contributed by atoms with Crippen molar-refractivity contribution in [3.8, 4) is 36.4 Å². The van der Waals surface area contributed by atoms with Gasteiger partial charge in [0.25, 0.3) is 0 Å². The molecular weight excluding hydrogens is 384 g/mol. The predicted molar refractivity (Wildman–Crippen MR) is 94.0 cm³/mol. The molecule has 0 radical (unpaired) electrons. The Hall–Kier alpha value is -5.82. The van der Waals surface area contributed by atoms with Crippen molar-refractivity contribution in [3.63, 3.8) is 0 Å². The molecule has 4 rings (SSSR count). The fourth-order valence-corrected chi connectivity index (χ4v) is 2.99. The third-order valence-corrected chi connectivity index (χ3v) is 4.12. The average molecular weight is 384 g/mol. The molecule has 4 aromatic rings. The molecule has 0 aliphatic rings. The summed E-state index contributed by atoms with van der Waals surface area (Å²) in [5.41, 5.74) is -1.54. The fraction of sp³-hybridized carbons (Fsp3) is 0. The average Bonchev–Trinajstić information content (AvgIpc) is 2.81. The van der Waals surface area contributed by atoms with Gasteiger partial charge in [0.15, 0.2) is 28.5 Å². The van der Waals surface area contributed by atoms with E-state index in [9.17, 15) is 31.6 Å². The Bertz CT molecular complexity index is 1710. The molecule has 132 valence electrons. The molecule has 12 nitrogen and oxygen atoms in total. The molecule has 0 aliphatic carbocycles. The van der Waals surface area contributed by atoms with Gasteiger partial charge in [-0.3, -0.25) is 0 Å². The second-order valence-electron chi connectivity index (χ2n) is 5.56. The molecule has 0 fully saturated rings. The van der Waals surface area contributed by atoms with Gasteiger partial charge >= 0.3 is 0 Å². The quantitative estimate of drug-likeness (QED) is 0.383. The van der Waals surface area contributed by atoms with E-state index in [1.807, 2.05) is 18.2 Å². The van der Waals surface area contributed by atoms with Crippen molar-refractivity contribution in [2.45, 2.75) is 0 Å². The largest absolute Gasteiger partial charge is 0.234 e. The van der Waals surface area contributed by atoms with Crippen LogP contribution in [0.15, 0.2) is 0 Å².